The van der Waals surface area contributed by atoms with Crippen molar-refractivity contribution >= 4 is 17.2 Å². The van der Waals surface area contributed by atoms with Crippen molar-refractivity contribution in [2.75, 3.05) is 0 Å². The average Bonchev–Trinajstić information content (AvgIpc) is 3.27. The number of nitrogens with two attached hydrogens (primary N) is 1. The highest BCUT2D eigenvalue weighted by Gasteiger charge is 2.16. The molecule has 0 spiro atoms. The molecule has 0 saturated carbocycles. The van der Waals surface area contributed by atoms with E-state index in [4.69, 9.17) is 15.5 Å². The minimum absolute atomic E-state index is 0.361. The molecular weight excluding hydrogens is 330 g/mol. The minimum atomic E-state index is -0.559. The molecule has 1 amide bonds. The fourth-order valence-corrected chi connectivity index (χ4v) is 2.73. The normalized spacial score (nSPS) is 12.1. The molecule has 24 heavy (non-hydrogen) atoms. The first-order valence-electron chi connectivity index (χ1n) is 7.14. The first-order valence-corrected chi connectivity index (χ1v) is 8.08. The highest BCUT2D eigenvalue weighted by molar-refractivity contribution is 7.07. The van der Waals surface area contributed by atoms with Crippen LogP contribution in [0.2, 0.25) is 0 Å². The molecule has 1 unspecified atom stereocenters. The number of carbonyl (C=O) groups excluding carboxylic acids is 1. The molecule has 0 saturated heterocycles. The van der Waals surface area contributed by atoms with E-state index in [1.807, 2.05) is 5.38 Å². The molecule has 0 radical (unpaired) electrons. The molecule has 9 heteroatoms. The van der Waals surface area contributed by atoms with E-state index < -0.39 is 11.9 Å². The number of nitrogens with one attached hydrogen (secondary N) is 1. The van der Waals surface area contributed by atoms with Crippen LogP contribution in [0.5, 0.6) is 0 Å². The predicted octanol–water partition coefficient (Wildman–Crippen LogP) is 1.48. The maximum atomic E-state index is 11.3. The summed E-state index contributed by atoms with van der Waals surface area (Å²) in [5.74, 6) is 0.323. The van der Waals surface area contributed by atoms with Crippen LogP contribution in [0.15, 0.2) is 39.7 Å². The lowest BCUT2D eigenvalue weighted by Gasteiger charge is -2.03. The van der Waals surface area contributed by atoms with Gasteiger partial charge in [0.1, 0.15) is 0 Å². The maximum Gasteiger partial charge on any atom is 0.274 e. The Morgan fingerprint density at radius 2 is 2.17 bits per heavy atom. The van der Waals surface area contributed by atoms with Crippen molar-refractivity contribution in [3.8, 4) is 0 Å². The number of hydrogen-bond donors (Lipinski definition) is 3. The van der Waals surface area contributed by atoms with Gasteiger partial charge in [-0.2, -0.15) is 4.98 Å². The Bertz CT molecular complexity index is 801. The van der Waals surface area contributed by atoms with E-state index in [2.05, 4.69) is 15.1 Å². The summed E-state index contributed by atoms with van der Waals surface area (Å²) in [4.78, 5) is 19.8. The van der Waals surface area contributed by atoms with Gasteiger partial charge in [0.25, 0.3) is 5.91 Å². The molecule has 4 N–H and O–H groups in total. The van der Waals surface area contributed by atoms with E-state index in [-0.39, 0.29) is 0 Å². The zero-order chi connectivity index (χ0) is 16.9. The lowest BCUT2D eigenvalue weighted by molar-refractivity contribution is 0.0706. The average molecular weight is 345 g/mol. The van der Waals surface area contributed by atoms with Gasteiger partial charge in [0, 0.05) is 23.8 Å². The van der Waals surface area contributed by atoms with Gasteiger partial charge in [-0.05, 0) is 17.7 Å². The lowest BCUT2D eigenvalue weighted by atomic mass is 10.1. The summed E-state index contributed by atoms with van der Waals surface area (Å²) >= 11 is 1.51. The Hall–Kier alpha value is -2.62. The molecule has 2 heterocycles. The van der Waals surface area contributed by atoms with Crippen LogP contribution in [-0.2, 0) is 12.8 Å². The summed E-state index contributed by atoms with van der Waals surface area (Å²) in [6.45, 7) is 0. The first-order chi connectivity index (χ1) is 11.7. The Balaban J connectivity index is 1.64. The molecule has 2 aromatic heterocycles. The van der Waals surface area contributed by atoms with E-state index in [0.29, 0.717) is 30.1 Å². The van der Waals surface area contributed by atoms with Crippen molar-refractivity contribution in [1.29, 1.82) is 0 Å². The minimum Gasteiger partial charge on any atom is -0.338 e. The van der Waals surface area contributed by atoms with E-state index in [9.17, 15) is 4.79 Å². The molecule has 0 bridgehead atoms. The number of thiazole rings is 1. The number of benzene rings is 1. The molecule has 0 aliphatic rings. The van der Waals surface area contributed by atoms with Crippen LogP contribution in [0.1, 0.15) is 39.4 Å². The van der Waals surface area contributed by atoms with Crippen LogP contribution in [0.3, 0.4) is 0 Å². The number of hydroxylamine groups is 1. The third-order valence-electron chi connectivity index (χ3n) is 3.39. The topological polar surface area (TPSA) is 127 Å². The van der Waals surface area contributed by atoms with Crippen molar-refractivity contribution in [2.45, 2.75) is 18.9 Å². The molecule has 0 fully saturated rings. The second-order valence-corrected chi connectivity index (χ2v) is 5.87. The van der Waals surface area contributed by atoms with Gasteiger partial charge in [-0.15, -0.1) is 11.3 Å². The van der Waals surface area contributed by atoms with Crippen molar-refractivity contribution in [3.05, 3.63) is 63.7 Å². The molecule has 3 rings (SSSR count). The summed E-state index contributed by atoms with van der Waals surface area (Å²) in [6, 6.07) is 6.33. The number of carbonyl (C=O) groups is 1. The van der Waals surface area contributed by atoms with Crippen molar-refractivity contribution < 1.29 is 14.5 Å². The molecule has 1 atom stereocenters. The number of aromatic nitrogens is 3. The second kappa shape index (κ2) is 7.30. The Morgan fingerprint density at radius 1 is 1.38 bits per heavy atom. The molecule has 0 aliphatic carbocycles. The lowest BCUT2D eigenvalue weighted by Crippen LogP contribution is -2.18. The first kappa shape index (κ1) is 16.2. The second-order valence-electron chi connectivity index (χ2n) is 5.15. The summed E-state index contributed by atoms with van der Waals surface area (Å²) in [6.07, 6.45) is 0.990. The number of nitrogens with zero attached hydrogens (tertiary/aromatic N) is 3. The fraction of sp³-hybridized carbons (Fsp3) is 0.200. The van der Waals surface area contributed by atoms with Gasteiger partial charge >= 0.3 is 0 Å². The highest BCUT2D eigenvalue weighted by atomic mass is 32.1. The maximum absolute atomic E-state index is 11.3. The zero-order valence-corrected chi connectivity index (χ0v) is 13.4. The van der Waals surface area contributed by atoms with E-state index >= 15 is 0 Å². The monoisotopic (exact) mass is 345 g/mol. The van der Waals surface area contributed by atoms with Gasteiger partial charge in [-0.3, -0.25) is 10.0 Å². The van der Waals surface area contributed by atoms with Gasteiger partial charge in [0.05, 0.1) is 17.2 Å². The van der Waals surface area contributed by atoms with Gasteiger partial charge in [0.15, 0.2) is 5.82 Å². The summed E-state index contributed by atoms with van der Waals surface area (Å²) in [5, 5.41) is 14.5. The number of hydrogen-bond acceptors (Lipinski definition) is 8. The Morgan fingerprint density at radius 3 is 2.83 bits per heavy atom. The fourth-order valence-electron chi connectivity index (χ4n) is 2.16. The van der Waals surface area contributed by atoms with Gasteiger partial charge in [-0.1, -0.05) is 17.3 Å². The predicted molar refractivity (Wildman–Crippen MR) is 85.5 cm³/mol. The third kappa shape index (κ3) is 3.82. The van der Waals surface area contributed by atoms with Crippen LogP contribution >= 0.6 is 11.3 Å². The van der Waals surface area contributed by atoms with Crippen molar-refractivity contribution in [2.24, 2.45) is 5.73 Å². The molecule has 0 aliphatic heterocycles. The zero-order valence-electron chi connectivity index (χ0n) is 12.5. The standard InChI is InChI=1S/C15H15N5O3S/c16-12(6-11-7-24-8-17-11)15-18-13(20-23-15)5-9-1-3-10(4-2-9)14(21)19-22/h1-4,7-8,12,22H,5-6,16H2,(H,19,21). The van der Waals surface area contributed by atoms with Crippen molar-refractivity contribution in [1.82, 2.24) is 20.6 Å². The Labute approximate surface area is 141 Å². The molecule has 3 aromatic rings. The van der Waals surface area contributed by atoms with E-state index in [1.54, 1.807) is 35.3 Å². The van der Waals surface area contributed by atoms with Crippen LogP contribution in [-0.4, -0.2) is 26.2 Å². The molecule has 1 aromatic carbocycles. The van der Waals surface area contributed by atoms with Gasteiger partial charge < -0.3 is 10.3 Å². The summed E-state index contributed by atoms with van der Waals surface area (Å²) < 4.78 is 5.22. The quantitative estimate of drug-likeness (QED) is 0.456. The smallest absolute Gasteiger partial charge is 0.274 e. The van der Waals surface area contributed by atoms with Crippen LogP contribution < -0.4 is 11.2 Å². The van der Waals surface area contributed by atoms with Crippen LogP contribution in [0.4, 0.5) is 0 Å². The van der Waals surface area contributed by atoms with Crippen molar-refractivity contribution in [3.63, 3.8) is 0 Å². The SMILES string of the molecule is NC(Cc1cscn1)c1nc(Cc2ccc(C(=O)NO)cc2)no1. The van der Waals surface area contributed by atoms with Crippen LogP contribution in [0.25, 0.3) is 0 Å². The number of amides is 1. The van der Waals surface area contributed by atoms with E-state index in [1.165, 1.54) is 11.3 Å². The van der Waals surface area contributed by atoms with E-state index in [0.717, 1.165) is 11.3 Å². The highest BCUT2D eigenvalue weighted by Crippen LogP contribution is 2.16. The van der Waals surface area contributed by atoms with Gasteiger partial charge in [-0.25, -0.2) is 10.5 Å². The summed E-state index contributed by atoms with van der Waals surface area (Å²) in [7, 11) is 0. The van der Waals surface area contributed by atoms with Crippen LogP contribution in [0, 0.1) is 0 Å². The van der Waals surface area contributed by atoms with Gasteiger partial charge in [0.2, 0.25) is 5.89 Å². The summed E-state index contributed by atoms with van der Waals surface area (Å²) in [5.41, 5.74) is 11.6. The largest absolute Gasteiger partial charge is 0.338 e. The number of rotatable bonds is 6. The third-order valence-corrected chi connectivity index (χ3v) is 4.03. The Kier molecular flexibility index (Phi) is 4.94. The molecule has 8 nitrogen and oxygen atoms in total. The molecule has 124 valence electrons. The molecular formula is C15H15N5O3S.